The number of nitrogens with zero attached hydrogens (tertiary/aromatic N) is 3. The molecule has 2 rings (SSSR count). The van der Waals surface area contributed by atoms with E-state index in [1.165, 1.54) is 6.26 Å². The maximum absolute atomic E-state index is 12.3. The second-order valence-corrected chi connectivity index (χ2v) is 6.46. The van der Waals surface area contributed by atoms with Crippen molar-refractivity contribution in [1.82, 2.24) is 20.4 Å². The summed E-state index contributed by atoms with van der Waals surface area (Å²) >= 11 is 0. The molecule has 2 N–H and O–H groups in total. The van der Waals surface area contributed by atoms with Crippen molar-refractivity contribution in [3.05, 3.63) is 24.2 Å². The van der Waals surface area contributed by atoms with Gasteiger partial charge in [-0.25, -0.2) is 0 Å². The summed E-state index contributed by atoms with van der Waals surface area (Å²) in [5, 5.41) is 6.13. The minimum absolute atomic E-state index is 0. The van der Waals surface area contributed by atoms with Crippen LogP contribution in [-0.4, -0.2) is 72.9 Å². The molecule has 0 saturated carbocycles. The number of amides is 2. The summed E-state index contributed by atoms with van der Waals surface area (Å²) in [6, 6.07) is 3.54. The van der Waals surface area contributed by atoms with Crippen molar-refractivity contribution in [1.29, 1.82) is 0 Å². The first-order valence-electron chi connectivity index (χ1n) is 9.16. The molecule has 0 radical (unpaired) electrons. The smallest absolute Gasteiger partial charge is 0.289 e. The third-order valence-corrected chi connectivity index (χ3v) is 3.98. The van der Waals surface area contributed by atoms with E-state index in [9.17, 15) is 9.59 Å². The fraction of sp³-hybridized carbons (Fsp3) is 0.611. The maximum atomic E-state index is 12.3. The fourth-order valence-electron chi connectivity index (χ4n) is 2.76. The van der Waals surface area contributed by atoms with Gasteiger partial charge in [-0.2, -0.15) is 0 Å². The quantitative estimate of drug-likeness (QED) is 0.358. The SMILES string of the molecule is CCNC(=NCCC(=O)NC(C)C)N1CCN(C(=O)c2ccco2)CC1.I. The van der Waals surface area contributed by atoms with Gasteiger partial charge in [-0.15, -0.1) is 24.0 Å². The van der Waals surface area contributed by atoms with Crippen LogP contribution in [0, 0.1) is 0 Å². The van der Waals surface area contributed by atoms with E-state index in [-0.39, 0.29) is 41.8 Å². The molecule has 2 heterocycles. The number of carbonyl (C=O) groups excluding carboxylic acids is 2. The molecule has 27 heavy (non-hydrogen) atoms. The lowest BCUT2D eigenvalue weighted by atomic mass is 10.3. The molecule has 0 aliphatic carbocycles. The van der Waals surface area contributed by atoms with E-state index in [1.54, 1.807) is 17.0 Å². The van der Waals surface area contributed by atoms with Crippen molar-refractivity contribution in [3.63, 3.8) is 0 Å². The molecule has 2 amide bonds. The standard InChI is InChI=1S/C18H29N5O3.HI/c1-4-19-18(20-8-7-16(24)21-14(2)3)23-11-9-22(10-12-23)17(25)15-6-5-13-26-15;/h5-6,13-14H,4,7-12H2,1-3H3,(H,19,20)(H,21,24);1H. The van der Waals surface area contributed by atoms with E-state index < -0.39 is 0 Å². The predicted octanol–water partition coefficient (Wildman–Crippen LogP) is 1.54. The Labute approximate surface area is 177 Å². The first kappa shape index (κ1) is 23.3. The van der Waals surface area contributed by atoms with E-state index in [2.05, 4.69) is 20.5 Å². The summed E-state index contributed by atoms with van der Waals surface area (Å²) in [5.74, 6) is 1.08. The van der Waals surface area contributed by atoms with Crippen LogP contribution >= 0.6 is 24.0 Å². The molecular formula is C18H30IN5O3. The molecule has 0 spiro atoms. The van der Waals surface area contributed by atoms with Gasteiger partial charge in [0.2, 0.25) is 5.91 Å². The van der Waals surface area contributed by atoms with Gasteiger partial charge in [0.1, 0.15) is 0 Å². The Hall–Kier alpha value is -1.78. The zero-order valence-corrected chi connectivity index (χ0v) is 18.6. The van der Waals surface area contributed by atoms with E-state index in [0.29, 0.717) is 44.9 Å². The number of halogens is 1. The third kappa shape index (κ3) is 7.39. The van der Waals surface area contributed by atoms with Gasteiger partial charge in [-0.1, -0.05) is 0 Å². The first-order valence-corrected chi connectivity index (χ1v) is 9.16. The number of piperazine rings is 1. The van der Waals surface area contributed by atoms with Crippen molar-refractivity contribution in [2.45, 2.75) is 33.2 Å². The highest BCUT2D eigenvalue weighted by atomic mass is 127. The van der Waals surface area contributed by atoms with E-state index in [0.717, 1.165) is 12.5 Å². The van der Waals surface area contributed by atoms with Crippen LogP contribution in [0.2, 0.25) is 0 Å². The summed E-state index contributed by atoms with van der Waals surface area (Å²) in [7, 11) is 0. The van der Waals surface area contributed by atoms with Crippen molar-refractivity contribution >= 4 is 41.8 Å². The number of rotatable bonds is 6. The topological polar surface area (TPSA) is 90.2 Å². The summed E-state index contributed by atoms with van der Waals surface area (Å²) in [6.07, 6.45) is 1.87. The normalized spacial score (nSPS) is 14.7. The number of aliphatic imine (C=N–C) groups is 1. The molecule has 1 aromatic heterocycles. The Bertz CT molecular complexity index is 611. The van der Waals surface area contributed by atoms with Crippen molar-refractivity contribution in [3.8, 4) is 0 Å². The molecule has 1 aromatic rings. The van der Waals surface area contributed by atoms with Crippen LogP contribution in [0.25, 0.3) is 0 Å². The van der Waals surface area contributed by atoms with Gasteiger partial charge in [0.25, 0.3) is 5.91 Å². The lowest BCUT2D eigenvalue weighted by Gasteiger charge is -2.36. The van der Waals surface area contributed by atoms with Crippen LogP contribution in [0.5, 0.6) is 0 Å². The Morgan fingerprint density at radius 2 is 1.89 bits per heavy atom. The van der Waals surface area contributed by atoms with Crippen molar-refractivity contribution < 1.29 is 14.0 Å². The van der Waals surface area contributed by atoms with Gasteiger partial charge in [0.05, 0.1) is 12.8 Å². The number of nitrogens with one attached hydrogen (secondary N) is 2. The van der Waals surface area contributed by atoms with E-state index in [4.69, 9.17) is 4.42 Å². The van der Waals surface area contributed by atoms with Gasteiger partial charge >= 0.3 is 0 Å². The minimum atomic E-state index is -0.0815. The van der Waals surface area contributed by atoms with Gasteiger partial charge in [-0.05, 0) is 32.9 Å². The Balaban J connectivity index is 0.00000364. The fourth-order valence-corrected chi connectivity index (χ4v) is 2.76. The highest BCUT2D eigenvalue weighted by Gasteiger charge is 2.25. The highest BCUT2D eigenvalue weighted by Crippen LogP contribution is 2.09. The molecule has 1 aliphatic heterocycles. The zero-order chi connectivity index (χ0) is 18.9. The number of hydrogen-bond acceptors (Lipinski definition) is 4. The number of furan rings is 1. The number of hydrogen-bond donors (Lipinski definition) is 2. The highest BCUT2D eigenvalue weighted by molar-refractivity contribution is 14.0. The number of guanidine groups is 1. The average Bonchev–Trinajstić information content (AvgIpc) is 3.14. The predicted molar refractivity (Wildman–Crippen MR) is 115 cm³/mol. The van der Waals surface area contributed by atoms with Crippen LogP contribution in [0.3, 0.4) is 0 Å². The average molecular weight is 491 g/mol. The van der Waals surface area contributed by atoms with Gasteiger partial charge < -0.3 is 24.9 Å². The number of carbonyl (C=O) groups is 2. The van der Waals surface area contributed by atoms with Crippen LogP contribution in [0.4, 0.5) is 0 Å². The summed E-state index contributed by atoms with van der Waals surface area (Å²) in [6.45, 7) is 9.68. The van der Waals surface area contributed by atoms with Crippen LogP contribution in [0.15, 0.2) is 27.8 Å². The largest absolute Gasteiger partial charge is 0.459 e. The molecule has 1 aliphatic rings. The van der Waals surface area contributed by atoms with Crippen molar-refractivity contribution in [2.75, 3.05) is 39.3 Å². The Kier molecular flexibility index (Phi) is 10.2. The van der Waals surface area contributed by atoms with Crippen LogP contribution in [-0.2, 0) is 4.79 Å². The summed E-state index contributed by atoms with van der Waals surface area (Å²) in [5.41, 5.74) is 0. The zero-order valence-electron chi connectivity index (χ0n) is 16.2. The first-order chi connectivity index (χ1) is 12.5. The van der Waals surface area contributed by atoms with Gasteiger partial charge in [-0.3, -0.25) is 14.6 Å². The molecule has 0 bridgehead atoms. The van der Waals surface area contributed by atoms with Gasteiger partial charge in [0.15, 0.2) is 11.7 Å². The molecular weight excluding hydrogens is 461 g/mol. The summed E-state index contributed by atoms with van der Waals surface area (Å²) < 4.78 is 5.19. The minimum Gasteiger partial charge on any atom is -0.459 e. The lowest BCUT2D eigenvalue weighted by Crippen LogP contribution is -2.53. The molecule has 1 fully saturated rings. The molecule has 8 nitrogen and oxygen atoms in total. The maximum Gasteiger partial charge on any atom is 0.289 e. The molecule has 0 unspecified atom stereocenters. The second kappa shape index (κ2) is 11.8. The van der Waals surface area contributed by atoms with Crippen molar-refractivity contribution in [2.24, 2.45) is 4.99 Å². The summed E-state index contributed by atoms with van der Waals surface area (Å²) in [4.78, 5) is 32.5. The Morgan fingerprint density at radius 1 is 1.22 bits per heavy atom. The lowest BCUT2D eigenvalue weighted by molar-refractivity contribution is -0.121. The second-order valence-electron chi connectivity index (χ2n) is 6.46. The monoisotopic (exact) mass is 491 g/mol. The van der Waals surface area contributed by atoms with E-state index >= 15 is 0 Å². The van der Waals surface area contributed by atoms with Gasteiger partial charge in [0, 0.05) is 45.2 Å². The molecule has 1 saturated heterocycles. The third-order valence-electron chi connectivity index (χ3n) is 3.98. The van der Waals surface area contributed by atoms with Crippen LogP contribution in [0.1, 0.15) is 37.7 Å². The molecule has 0 aromatic carbocycles. The Morgan fingerprint density at radius 3 is 2.44 bits per heavy atom. The molecule has 9 heteroatoms. The van der Waals surface area contributed by atoms with Crippen LogP contribution < -0.4 is 10.6 Å². The molecule has 152 valence electrons. The van der Waals surface area contributed by atoms with E-state index in [1.807, 2.05) is 20.8 Å². The molecule has 0 atom stereocenters.